The second-order valence-electron chi connectivity index (χ2n) is 2.96. The number of ether oxygens (including phenoxy) is 1. The fraction of sp³-hybridized carbons (Fsp3) is 0.556. The first-order valence-corrected chi connectivity index (χ1v) is 4.29. The van der Waals surface area contributed by atoms with E-state index in [1.54, 1.807) is 0 Å². The summed E-state index contributed by atoms with van der Waals surface area (Å²) in [5, 5.41) is 0. The summed E-state index contributed by atoms with van der Waals surface area (Å²) in [5.41, 5.74) is 0. The molecule has 0 bridgehead atoms. The average molecular weight is 144 g/mol. The molecule has 0 spiro atoms. The zero-order valence-electron chi connectivity index (χ0n) is 7.18. The van der Waals surface area contributed by atoms with Crippen molar-refractivity contribution in [3.63, 3.8) is 0 Å². The van der Waals surface area contributed by atoms with Gasteiger partial charge in [0, 0.05) is 13.2 Å². The molecule has 0 aromatic rings. The van der Waals surface area contributed by atoms with Gasteiger partial charge in [0.05, 0.1) is 0 Å². The van der Waals surface area contributed by atoms with E-state index in [9.17, 15) is 0 Å². The van der Waals surface area contributed by atoms with E-state index in [0.717, 1.165) is 13.2 Å². The molecule has 0 N–H and O–H groups in total. The van der Waals surface area contributed by atoms with Gasteiger partial charge in [-0.1, -0.05) is 0 Å². The van der Waals surface area contributed by atoms with Crippen LogP contribution in [-0.4, -0.2) is 30.9 Å². The Balaban J connectivity index is 0.000000112. The maximum absolute atomic E-state index is 4.94. The van der Waals surface area contributed by atoms with E-state index in [4.69, 9.17) is 4.74 Å². The fourth-order valence-electron chi connectivity index (χ4n) is 1.06. The molecule has 1 aliphatic carbocycles. The molecule has 1 fully saturated rings. The second-order valence-corrected chi connectivity index (χ2v) is 2.96. The number of hydrogen-bond donors (Lipinski definition) is 0. The molecule has 56 valence electrons. The van der Waals surface area contributed by atoms with Crippen molar-refractivity contribution in [3.8, 4) is 0 Å². The van der Waals surface area contributed by atoms with Gasteiger partial charge in [0.1, 0.15) is 0 Å². The summed E-state index contributed by atoms with van der Waals surface area (Å²) in [6.45, 7) is 2.00. The van der Waals surface area contributed by atoms with Gasteiger partial charge in [-0.25, -0.2) is 0 Å². The Kier molecular flexibility index (Phi) is 4.69. The van der Waals surface area contributed by atoms with Crippen LogP contribution in [0.1, 0.15) is 19.3 Å². The Bertz CT molecular complexity index is 149. The third kappa shape index (κ3) is 4.47. The van der Waals surface area contributed by atoms with E-state index in [1.807, 2.05) is 0 Å². The molecule has 0 aromatic carbocycles. The molecule has 0 aromatic heterocycles. The molecular formula is C9H13LiO. The van der Waals surface area contributed by atoms with Crippen molar-refractivity contribution in [3.05, 3.63) is 22.5 Å². The number of rotatable bonds is 0. The molecule has 1 heterocycles. The minimum atomic E-state index is 1.00. The topological polar surface area (TPSA) is 9.23 Å². The number of allylic oxidation sites excluding steroid dienone is 4. The van der Waals surface area contributed by atoms with Gasteiger partial charge in [-0.3, -0.25) is 0 Å². The first kappa shape index (κ1) is 9.13. The van der Waals surface area contributed by atoms with E-state index in [2.05, 4.69) is 35.9 Å². The van der Waals surface area contributed by atoms with Crippen molar-refractivity contribution in [2.45, 2.75) is 19.3 Å². The normalized spacial score (nSPS) is 21.1. The Labute approximate surface area is 77.7 Å². The average Bonchev–Trinajstić information content (AvgIpc) is 2.57. The van der Waals surface area contributed by atoms with Gasteiger partial charge in [-0.05, 0) is 12.8 Å². The molecule has 0 amide bonds. The van der Waals surface area contributed by atoms with Crippen LogP contribution in [0.2, 0.25) is 0 Å². The molecule has 0 saturated carbocycles. The van der Waals surface area contributed by atoms with E-state index < -0.39 is 0 Å². The fourth-order valence-corrected chi connectivity index (χ4v) is 1.06. The third-order valence-electron chi connectivity index (χ3n) is 1.78. The van der Waals surface area contributed by atoms with Crippen molar-refractivity contribution in [1.29, 1.82) is 0 Å². The van der Waals surface area contributed by atoms with Gasteiger partial charge >= 0.3 is 46.6 Å². The van der Waals surface area contributed by atoms with Crippen LogP contribution in [0, 0.1) is 0 Å². The molecule has 1 aliphatic heterocycles. The van der Waals surface area contributed by atoms with E-state index >= 15 is 0 Å². The van der Waals surface area contributed by atoms with Gasteiger partial charge in [-0.2, -0.15) is 0 Å². The molecular weight excluding hydrogens is 131 g/mol. The molecule has 11 heavy (non-hydrogen) atoms. The summed E-state index contributed by atoms with van der Waals surface area (Å²) < 4.78 is 6.41. The van der Waals surface area contributed by atoms with Gasteiger partial charge in [0.25, 0.3) is 0 Å². The SMILES string of the molecule is C1CCOC1.[Li][C]1=CC=CC1. The van der Waals surface area contributed by atoms with Crippen molar-refractivity contribution < 1.29 is 4.74 Å². The molecule has 2 aliphatic rings. The summed E-state index contributed by atoms with van der Waals surface area (Å²) in [6, 6.07) is 0. The summed E-state index contributed by atoms with van der Waals surface area (Å²) in [6.07, 6.45) is 10.1. The monoisotopic (exact) mass is 144 g/mol. The van der Waals surface area contributed by atoms with Crippen LogP contribution in [0.4, 0.5) is 0 Å². The molecule has 1 nitrogen and oxygen atoms in total. The Morgan fingerprint density at radius 3 is 2.18 bits per heavy atom. The summed E-state index contributed by atoms with van der Waals surface area (Å²) in [5.74, 6) is 0. The second kappa shape index (κ2) is 5.66. The van der Waals surface area contributed by atoms with Crippen molar-refractivity contribution in [1.82, 2.24) is 0 Å². The van der Waals surface area contributed by atoms with E-state index in [0.29, 0.717) is 0 Å². The van der Waals surface area contributed by atoms with E-state index in [1.165, 1.54) is 23.5 Å². The summed E-state index contributed by atoms with van der Waals surface area (Å²) in [7, 11) is 0. The van der Waals surface area contributed by atoms with Crippen LogP contribution in [0.25, 0.3) is 0 Å². The van der Waals surface area contributed by atoms with E-state index in [-0.39, 0.29) is 0 Å². The molecule has 2 rings (SSSR count). The molecule has 0 radical (unpaired) electrons. The van der Waals surface area contributed by atoms with Crippen LogP contribution in [0.15, 0.2) is 22.5 Å². The first-order valence-electron chi connectivity index (χ1n) is 4.29. The van der Waals surface area contributed by atoms with Gasteiger partial charge in [0.2, 0.25) is 0 Å². The van der Waals surface area contributed by atoms with Crippen LogP contribution in [0.3, 0.4) is 0 Å². The zero-order valence-corrected chi connectivity index (χ0v) is 7.18. The van der Waals surface area contributed by atoms with Crippen molar-refractivity contribution in [2.75, 3.05) is 13.2 Å². The number of hydrogen-bond acceptors (Lipinski definition) is 1. The zero-order chi connectivity index (χ0) is 7.94. The standard InChI is InChI=1S/C5H5.C4H8O.Li/c2*1-2-4-5-3-1;/h1-3H,4H2;1-4H2;. The van der Waals surface area contributed by atoms with Crippen LogP contribution >= 0.6 is 0 Å². The van der Waals surface area contributed by atoms with Gasteiger partial charge in [-0.15, -0.1) is 0 Å². The quantitative estimate of drug-likeness (QED) is 0.471. The predicted octanol–water partition coefficient (Wildman–Crippen LogP) is 1.80. The molecule has 0 unspecified atom stereocenters. The first-order chi connectivity index (χ1) is 5.39. The summed E-state index contributed by atoms with van der Waals surface area (Å²) >= 11 is 2.14. The Hall–Kier alpha value is 0.0374. The van der Waals surface area contributed by atoms with Crippen LogP contribution < -0.4 is 0 Å². The van der Waals surface area contributed by atoms with Crippen LogP contribution in [0.5, 0.6) is 0 Å². The van der Waals surface area contributed by atoms with Gasteiger partial charge in [0.15, 0.2) is 0 Å². The molecule has 2 heteroatoms. The molecule has 0 atom stereocenters. The minimum absolute atomic E-state index is 1.00. The predicted molar refractivity (Wildman–Crippen MR) is 47.6 cm³/mol. The molecule has 1 saturated heterocycles. The maximum atomic E-state index is 4.94. The summed E-state index contributed by atoms with van der Waals surface area (Å²) in [4.78, 5) is 0. The Morgan fingerprint density at radius 2 is 2.00 bits per heavy atom. The van der Waals surface area contributed by atoms with Crippen LogP contribution in [-0.2, 0) is 4.74 Å². The van der Waals surface area contributed by atoms with Gasteiger partial charge < -0.3 is 4.74 Å². The van der Waals surface area contributed by atoms with Crippen molar-refractivity contribution in [2.24, 2.45) is 0 Å². The Morgan fingerprint density at radius 1 is 1.27 bits per heavy atom. The third-order valence-corrected chi connectivity index (χ3v) is 1.78. The van der Waals surface area contributed by atoms with Crippen molar-refractivity contribution >= 4 is 17.7 Å².